The minimum absolute atomic E-state index is 0.220. The highest BCUT2D eigenvalue weighted by Gasteiger charge is 2.31. The second-order valence-corrected chi connectivity index (χ2v) is 8.24. The maximum Gasteiger partial charge on any atom is 0.215 e. The van der Waals surface area contributed by atoms with Gasteiger partial charge < -0.3 is 4.90 Å². The smallest absolute Gasteiger partial charge is 0.215 e. The van der Waals surface area contributed by atoms with Crippen LogP contribution >= 0.6 is 11.8 Å². The van der Waals surface area contributed by atoms with Gasteiger partial charge in [0.2, 0.25) is 10.0 Å². The van der Waals surface area contributed by atoms with Gasteiger partial charge >= 0.3 is 0 Å². The van der Waals surface area contributed by atoms with Crippen LogP contribution in [0.3, 0.4) is 0 Å². The second-order valence-electron chi connectivity index (χ2n) is 4.93. The van der Waals surface area contributed by atoms with Crippen LogP contribution in [0, 0.1) is 5.92 Å². The van der Waals surface area contributed by atoms with Crippen molar-refractivity contribution >= 4 is 21.8 Å². The van der Waals surface area contributed by atoms with Crippen LogP contribution in [0.25, 0.3) is 0 Å². The average Bonchev–Trinajstić information content (AvgIpc) is 2.73. The number of thioether (sulfide) groups is 1. The lowest BCUT2D eigenvalue weighted by atomic mass is 10.3. The molecule has 0 saturated carbocycles. The normalized spacial score (nSPS) is 22.5. The first-order valence-corrected chi connectivity index (χ1v) is 8.88. The molecule has 4 nitrogen and oxygen atoms in total. The molecular weight excluding hydrogens is 256 g/mol. The number of hydrogen-bond acceptors (Lipinski definition) is 4. The first-order chi connectivity index (χ1) is 7.95. The molecule has 0 aromatic rings. The van der Waals surface area contributed by atoms with E-state index in [-0.39, 0.29) is 5.25 Å². The average molecular weight is 280 g/mol. The lowest BCUT2D eigenvalue weighted by Gasteiger charge is -2.16. The SMILES string of the molecule is CNS(=O)(=O)C1CCN(CCSCC(C)C)C1. The Morgan fingerprint density at radius 1 is 1.47 bits per heavy atom. The van der Waals surface area contributed by atoms with Gasteiger partial charge in [0.15, 0.2) is 0 Å². The Hall–Kier alpha value is 0.220. The Balaban J connectivity index is 2.22. The van der Waals surface area contributed by atoms with Gasteiger partial charge in [0.1, 0.15) is 0 Å². The van der Waals surface area contributed by atoms with Crippen molar-refractivity contribution in [2.24, 2.45) is 5.92 Å². The Labute approximate surface area is 110 Å². The first kappa shape index (κ1) is 15.3. The third-order valence-electron chi connectivity index (χ3n) is 2.96. The molecule has 1 heterocycles. The van der Waals surface area contributed by atoms with E-state index >= 15 is 0 Å². The van der Waals surface area contributed by atoms with E-state index in [1.54, 1.807) is 0 Å². The fourth-order valence-electron chi connectivity index (χ4n) is 1.93. The van der Waals surface area contributed by atoms with Gasteiger partial charge in [0.05, 0.1) is 5.25 Å². The largest absolute Gasteiger partial charge is 0.301 e. The van der Waals surface area contributed by atoms with Gasteiger partial charge in [-0.2, -0.15) is 11.8 Å². The molecule has 1 atom stereocenters. The van der Waals surface area contributed by atoms with Gasteiger partial charge in [-0.05, 0) is 31.7 Å². The standard InChI is InChI=1S/C11H24N2O2S2/c1-10(2)9-16-7-6-13-5-4-11(8-13)17(14,15)12-3/h10-12H,4-9H2,1-3H3. The predicted octanol–water partition coefficient (Wildman–Crippen LogP) is 0.999. The third-order valence-corrected chi connectivity index (χ3v) is 6.16. The molecule has 1 rings (SSSR count). The zero-order chi connectivity index (χ0) is 12.9. The van der Waals surface area contributed by atoms with Crippen molar-refractivity contribution in [1.82, 2.24) is 9.62 Å². The Morgan fingerprint density at radius 2 is 2.18 bits per heavy atom. The van der Waals surface area contributed by atoms with Crippen LogP contribution in [0.5, 0.6) is 0 Å². The fraction of sp³-hybridized carbons (Fsp3) is 1.00. The summed E-state index contributed by atoms with van der Waals surface area (Å²) in [6.45, 7) is 7.04. The van der Waals surface area contributed by atoms with Crippen LogP contribution in [0.15, 0.2) is 0 Å². The summed E-state index contributed by atoms with van der Waals surface area (Å²) in [6, 6.07) is 0. The van der Waals surface area contributed by atoms with Crippen molar-refractivity contribution in [3.8, 4) is 0 Å². The van der Waals surface area contributed by atoms with Gasteiger partial charge in [-0.25, -0.2) is 13.1 Å². The number of nitrogens with one attached hydrogen (secondary N) is 1. The summed E-state index contributed by atoms with van der Waals surface area (Å²) >= 11 is 1.96. The highest BCUT2D eigenvalue weighted by Crippen LogP contribution is 2.17. The van der Waals surface area contributed by atoms with Crippen LogP contribution < -0.4 is 4.72 Å². The van der Waals surface area contributed by atoms with E-state index in [0.717, 1.165) is 31.2 Å². The van der Waals surface area contributed by atoms with Crippen LogP contribution in [0.2, 0.25) is 0 Å². The molecular formula is C11H24N2O2S2. The summed E-state index contributed by atoms with van der Waals surface area (Å²) in [4.78, 5) is 2.26. The van der Waals surface area contributed by atoms with E-state index in [9.17, 15) is 8.42 Å². The number of hydrogen-bond donors (Lipinski definition) is 1. The molecule has 1 saturated heterocycles. The number of likely N-dealkylation sites (tertiary alicyclic amines) is 1. The molecule has 0 bridgehead atoms. The van der Waals surface area contributed by atoms with Crippen molar-refractivity contribution in [2.45, 2.75) is 25.5 Å². The maximum atomic E-state index is 11.6. The molecule has 1 aliphatic rings. The van der Waals surface area contributed by atoms with E-state index in [1.165, 1.54) is 12.8 Å². The molecule has 6 heteroatoms. The summed E-state index contributed by atoms with van der Waals surface area (Å²) in [5, 5.41) is -0.220. The molecule has 0 amide bonds. The van der Waals surface area contributed by atoms with Crippen LogP contribution in [-0.4, -0.2) is 56.8 Å². The molecule has 1 fully saturated rings. The number of sulfonamides is 1. The van der Waals surface area contributed by atoms with Crippen molar-refractivity contribution in [2.75, 3.05) is 38.2 Å². The molecule has 0 aliphatic carbocycles. The highest BCUT2D eigenvalue weighted by molar-refractivity contribution is 7.99. The molecule has 1 aliphatic heterocycles. The molecule has 17 heavy (non-hydrogen) atoms. The van der Waals surface area contributed by atoms with Gasteiger partial charge in [-0.15, -0.1) is 0 Å². The van der Waals surface area contributed by atoms with E-state index in [2.05, 4.69) is 23.5 Å². The zero-order valence-corrected chi connectivity index (χ0v) is 12.6. The van der Waals surface area contributed by atoms with Gasteiger partial charge in [-0.3, -0.25) is 0 Å². The highest BCUT2D eigenvalue weighted by atomic mass is 32.2. The molecule has 102 valence electrons. The molecule has 0 spiro atoms. The summed E-state index contributed by atoms with van der Waals surface area (Å²) in [5.41, 5.74) is 0. The van der Waals surface area contributed by atoms with Gasteiger partial charge in [0, 0.05) is 18.8 Å². The minimum Gasteiger partial charge on any atom is -0.301 e. The monoisotopic (exact) mass is 280 g/mol. The summed E-state index contributed by atoms with van der Waals surface area (Å²) in [5.74, 6) is 3.02. The van der Waals surface area contributed by atoms with Crippen molar-refractivity contribution < 1.29 is 8.42 Å². The van der Waals surface area contributed by atoms with Gasteiger partial charge in [0.25, 0.3) is 0 Å². The van der Waals surface area contributed by atoms with E-state index < -0.39 is 10.0 Å². The van der Waals surface area contributed by atoms with Crippen molar-refractivity contribution in [1.29, 1.82) is 0 Å². The quantitative estimate of drug-likeness (QED) is 0.707. The molecule has 0 aromatic carbocycles. The second kappa shape index (κ2) is 6.97. The molecule has 1 unspecified atom stereocenters. The Morgan fingerprint density at radius 3 is 2.76 bits per heavy atom. The molecule has 0 aromatic heterocycles. The van der Waals surface area contributed by atoms with Gasteiger partial charge in [-0.1, -0.05) is 13.8 Å². The van der Waals surface area contributed by atoms with Crippen LogP contribution in [-0.2, 0) is 10.0 Å². The lowest BCUT2D eigenvalue weighted by Crippen LogP contribution is -2.34. The van der Waals surface area contributed by atoms with E-state index in [0.29, 0.717) is 6.54 Å². The van der Waals surface area contributed by atoms with Crippen LogP contribution in [0.1, 0.15) is 20.3 Å². The lowest BCUT2D eigenvalue weighted by molar-refractivity contribution is 0.361. The van der Waals surface area contributed by atoms with Crippen molar-refractivity contribution in [3.63, 3.8) is 0 Å². The van der Waals surface area contributed by atoms with E-state index in [4.69, 9.17) is 0 Å². The maximum absolute atomic E-state index is 11.6. The third kappa shape index (κ3) is 5.16. The number of rotatable bonds is 7. The fourth-order valence-corrected chi connectivity index (χ4v) is 4.11. The zero-order valence-electron chi connectivity index (χ0n) is 11.0. The Bertz CT molecular complexity index is 317. The first-order valence-electron chi connectivity index (χ1n) is 6.18. The van der Waals surface area contributed by atoms with Crippen molar-refractivity contribution in [3.05, 3.63) is 0 Å². The Kier molecular flexibility index (Phi) is 6.26. The van der Waals surface area contributed by atoms with Crippen LogP contribution in [0.4, 0.5) is 0 Å². The molecule has 1 N–H and O–H groups in total. The topological polar surface area (TPSA) is 49.4 Å². The summed E-state index contributed by atoms with van der Waals surface area (Å²) in [6.07, 6.45) is 0.762. The number of nitrogens with zero attached hydrogens (tertiary/aromatic N) is 1. The molecule has 0 radical (unpaired) electrons. The summed E-state index contributed by atoms with van der Waals surface area (Å²) < 4.78 is 25.7. The summed E-state index contributed by atoms with van der Waals surface area (Å²) in [7, 11) is -1.58. The minimum atomic E-state index is -3.07. The predicted molar refractivity (Wildman–Crippen MR) is 75.0 cm³/mol. The van der Waals surface area contributed by atoms with E-state index in [1.807, 2.05) is 11.8 Å².